The molecule has 29 heavy (non-hydrogen) atoms. The van der Waals surface area contributed by atoms with Gasteiger partial charge in [-0.05, 0) is 29.8 Å². The van der Waals surface area contributed by atoms with Crippen LogP contribution >= 0.6 is 11.8 Å². The fourth-order valence-electron chi connectivity index (χ4n) is 3.10. The van der Waals surface area contributed by atoms with Crippen molar-refractivity contribution in [3.8, 4) is 17.1 Å². The Labute approximate surface area is 173 Å². The normalized spacial score (nSPS) is 13.4. The lowest BCUT2D eigenvalue weighted by Gasteiger charge is -2.10. The van der Waals surface area contributed by atoms with Gasteiger partial charge in [-0.3, -0.25) is 4.79 Å². The average molecular weight is 407 g/mol. The summed E-state index contributed by atoms with van der Waals surface area (Å²) in [5, 5.41) is 15.2. The standard InChI is InChI=1S/C21H21N5O2S/c1-25-20(16-8-10-17(28-2)11-9-16)22-23-21(25)29-14-19(27)26-13-12-18(24-26)15-6-4-3-5-7-15/h3-11H,12-14H2,1-2H3. The van der Waals surface area contributed by atoms with Crippen molar-refractivity contribution in [2.75, 3.05) is 19.4 Å². The van der Waals surface area contributed by atoms with Crippen LogP contribution in [0.3, 0.4) is 0 Å². The molecule has 0 fully saturated rings. The summed E-state index contributed by atoms with van der Waals surface area (Å²) < 4.78 is 7.08. The van der Waals surface area contributed by atoms with Gasteiger partial charge in [-0.2, -0.15) is 5.10 Å². The second kappa shape index (κ2) is 8.48. The Bertz CT molecular complexity index is 1030. The van der Waals surface area contributed by atoms with Gasteiger partial charge in [0.25, 0.3) is 5.91 Å². The topological polar surface area (TPSA) is 72.6 Å². The Morgan fingerprint density at radius 2 is 1.83 bits per heavy atom. The zero-order valence-electron chi connectivity index (χ0n) is 16.3. The fraction of sp³-hybridized carbons (Fsp3) is 0.238. The Morgan fingerprint density at radius 3 is 2.55 bits per heavy atom. The Hall–Kier alpha value is -3.13. The second-order valence-electron chi connectivity index (χ2n) is 6.56. The van der Waals surface area contributed by atoms with Gasteiger partial charge in [0.15, 0.2) is 11.0 Å². The number of hydrogen-bond donors (Lipinski definition) is 0. The first-order valence-corrected chi connectivity index (χ1v) is 10.2. The maximum absolute atomic E-state index is 12.6. The van der Waals surface area contributed by atoms with Gasteiger partial charge >= 0.3 is 0 Å². The number of carbonyl (C=O) groups excluding carboxylic acids is 1. The number of ether oxygens (including phenoxy) is 1. The van der Waals surface area contributed by atoms with E-state index in [1.54, 1.807) is 12.1 Å². The van der Waals surface area contributed by atoms with Crippen LogP contribution in [-0.4, -0.2) is 50.8 Å². The smallest absolute Gasteiger partial charge is 0.253 e. The molecule has 1 aliphatic rings. The Kier molecular flexibility index (Phi) is 5.62. The predicted octanol–water partition coefficient (Wildman–Crippen LogP) is 3.22. The van der Waals surface area contributed by atoms with Crippen LogP contribution in [0.15, 0.2) is 64.9 Å². The molecule has 1 amide bonds. The quantitative estimate of drug-likeness (QED) is 0.587. The molecule has 4 rings (SSSR count). The van der Waals surface area contributed by atoms with E-state index in [2.05, 4.69) is 15.3 Å². The number of thioether (sulfide) groups is 1. The minimum absolute atomic E-state index is 0.0325. The number of carbonyl (C=O) groups is 1. The number of nitrogens with zero attached hydrogens (tertiary/aromatic N) is 5. The lowest BCUT2D eigenvalue weighted by molar-refractivity contribution is -0.127. The highest BCUT2D eigenvalue weighted by Crippen LogP contribution is 2.25. The lowest BCUT2D eigenvalue weighted by atomic mass is 10.1. The van der Waals surface area contributed by atoms with Crippen LogP contribution in [0.4, 0.5) is 0 Å². The minimum Gasteiger partial charge on any atom is -0.497 e. The van der Waals surface area contributed by atoms with Crippen LogP contribution < -0.4 is 4.74 Å². The largest absolute Gasteiger partial charge is 0.497 e. The van der Waals surface area contributed by atoms with E-state index < -0.39 is 0 Å². The summed E-state index contributed by atoms with van der Waals surface area (Å²) in [4.78, 5) is 12.6. The van der Waals surface area contributed by atoms with Crippen molar-refractivity contribution in [2.45, 2.75) is 11.6 Å². The van der Waals surface area contributed by atoms with Crippen molar-refractivity contribution < 1.29 is 9.53 Å². The molecule has 1 aromatic heterocycles. The Morgan fingerprint density at radius 1 is 1.07 bits per heavy atom. The number of aromatic nitrogens is 3. The molecule has 7 nitrogen and oxygen atoms in total. The van der Waals surface area contributed by atoms with Crippen LogP contribution in [0, 0.1) is 0 Å². The number of rotatable bonds is 6. The van der Waals surface area contributed by atoms with Crippen molar-refractivity contribution >= 4 is 23.4 Å². The number of hydrazone groups is 1. The maximum Gasteiger partial charge on any atom is 0.253 e. The summed E-state index contributed by atoms with van der Waals surface area (Å²) in [5.74, 6) is 1.76. The monoisotopic (exact) mass is 407 g/mol. The molecule has 0 radical (unpaired) electrons. The van der Waals surface area contributed by atoms with Crippen LogP contribution in [-0.2, 0) is 11.8 Å². The van der Waals surface area contributed by atoms with Crippen molar-refractivity contribution in [2.24, 2.45) is 12.1 Å². The first kappa shape index (κ1) is 19.2. The van der Waals surface area contributed by atoms with E-state index in [1.165, 1.54) is 11.8 Å². The first-order chi connectivity index (χ1) is 14.2. The molecule has 0 unspecified atom stereocenters. The summed E-state index contributed by atoms with van der Waals surface area (Å²) >= 11 is 1.37. The van der Waals surface area contributed by atoms with Gasteiger partial charge in [0.1, 0.15) is 5.75 Å². The highest BCUT2D eigenvalue weighted by Gasteiger charge is 2.22. The van der Waals surface area contributed by atoms with E-state index in [4.69, 9.17) is 4.74 Å². The molecule has 0 bridgehead atoms. The van der Waals surface area contributed by atoms with Gasteiger partial charge in [-0.25, -0.2) is 5.01 Å². The molecule has 2 aromatic carbocycles. The van der Waals surface area contributed by atoms with Gasteiger partial charge in [-0.15, -0.1) is 10.2 Å². The summed E-state index contributed by atoms with van der Waals surface area (Å²) in [6.45, 7) is 0.611. The number of amides is 1. The molecule has 0 spiro atoms. The van der Waals surface area contributed by atoms with E-state index in [0.29, 0.717) is 11.7 Å². The van der Waals surface area contributed by atoms with Gasteiger partial charge < -0.3 is 9.30 Å². The molecule has 8 heteroatoms. The second-order valence-corrected chi connectivity index (χ2v) is 7.50. The number of methoxy groups -OCH3 is 1. The van der Waals surface area contributed by atoms with Gasteiger partial charge in [0, 0.05) is 19.0 Å². The third-order valence-corrected chi connectivity index (χ3v) is 5.71. The maximum atomic E-state index is 12.6. The molecular formula is C21H21N5O2S. The summed E-state index contributed by atoms with van der Waals surface area (Å²) in [5.41, 5.74) is 2.95. The average Bonchev–Trinajstić information content (AvgIpc) is 3.40. The molecule has 0 N–H and O–H groups in total. The highest BCUT2D eigenvalue weighted by atomic mass is 32.2. The summed E-state index contributed by atoms with van der Waals surface area (Å²) in [6, 6.07) is 17.6. The SMILES string of the molecule is COc1ccc(-c2nnc(SCC(=O)N3CCC(c4ccccc4)=N3)n2C)cc1. The minimum atomic E-state index is -0.0325. The van der Waals surface area contributed by atoms with Crippen molar-refractivity contribution in [3.63, 3.8) is 0 Å². The molecule has 3 aromatic rings. The van der Waals surface area contributed by atoms with Crippen LogP contribution in [0.5, 0.6) is 5.75 Å². The fourth-order valence-corrected chi connectivity index (χ4v) is 3.88. The molecule has 1 aliphatic heterocycles. The van der Waals surface area contributed by atoms with Crippen molar-refractivity contribution in [1.29, 1.82) is 0 Å². The van der Waals surface area contributed by atoms with E-state index in [9.17, 15) is 4.79 Å². The Balaban J connectivity index is 1.40. The van der Waals surface area contributed by atoms with Crippen LogP contribution in [0.2, 0.25) is 0 Å². The first-order valence-electron chi connectivity index (χ1n) is 9.25. The van der Waals surface area contributed by atoms with Gasteiger partial charge in [0.05, 0.1) is 25.1 Å². The zero-order valence-corrected chi connectivity index (χ0v) is 17.1. The van der Waals surface area contributed by atoms with Gasteiger partial charge in [-0.1, -0.05) is 42.1 Å². The van der Waals surface area contributed by atoms with E-state index in [-0.39, 0.29) is 11.7 Å². The number of hydrogen-bond acceptors (Lipinski definition) is 6. The molecule has 0 atom stereocenters. The lowest BCUT2D eigenvalue weighted by Crippen LogP contribution is -2.25. The third kappa shape index (κ3) is 4.17. The molecule has 148 valence electrons. The van der Waals surface area contributed by atoms with E-state index >= 15 is 0 Å². The van der Waals surface area contributed by atoms with E-state index in [1.807, 2.05) is 66.2 Å². The molecule has 0 aliphatic carbocycles. The zero-order chi connectivity index (χ0) is 20.2. The van der Waals surface area contributed by atoms with Crippen molar-refractivity contribution in [3.05, 3.63) is 60.2 Å². The predicted molar refractivity (Wildman–Crippen MR) is 113 cm³/mol. The number of benzene rings is 2. The molecule has 0 saturated carbocycles. The van der Waals surface area contributed by atoms with Crippen molar-refractivity contribution in [1.82, 2.24) is 19.8 Å². The molecule has 0 saturated heterocycles. The summed E-state index contributed by atoms with van der Waals surface area (Å²) in [6.07, 6.45) is 0.770. The molecular weight excluding hydrogens is 386 g/mol. The van der Waals surface area contributed by atoms with Gasteiger partial charge in [0.2, 0.25) is 0 Å². The van der Waals surface area contributed by atoms with Crippen LogP contribution in [0.25, 0.3) is 11.4 Å². The van der Waals surface area contributed by atoms with E-state index in [0.717, 1.165) is 34.8 Å². The third-order valence-electron chi connectivity index (χ3n) is 4.70. The van der Waals surface area contributed by atoms with Crippen LogP contribution in [0.1, 0.15) is 12.0 Å². The highest BCUT2D eigenvalue weighted by molar-refractivity contribution is 7.99. The summed E-state index contributed by atoms with van der Waals surface area (Å²) in [7, 11) is 3.53. The molecule has 2 heterocycles.